The van der Waals surface area contributed by atoms with E-state index in [0.29, 0.717) is 29.0 Å². The Morgan fingerprint density at radius 2 is 1.75 bits per heavy atom. The molecule has 0 fully saturated rings. The summed E-state index contributed by atoms with van der Waals surface area (Å²) in [5, 5.41) is 11.8. The van der Waals surface area contributed by atoms with E-state index in [2.05, 4.69) is 20.5 Å². The van der Waals surface area contributed by atoms with E-state index in [9.17, 15) is 13.2 Å². The lowest BCUT2D eigenvalue weighted by molar-refractivity contribution is -0.137. The number of aromatic nitrogens is 3. The minimum Gasteiger partial charge on any atom is -0.363 e. The maximum Gasteiger partial charge on any atom is 0.416 e. The predicted octanol–water partition coefficient (Wildman–Crippen LogP) is 5.32. The van der Waals surface area contributed by atoms with Crippen molar-refractivity contribution in [2.24, 2.45) is 0 Å². The highest BCUT2D eigenvalue weighted by atomic mass is 19.4. The van der Waals surface area contributed by atoms with Gasteiger partial charge in [-0.15, -0.1) is 5.10 Å². The third kappa shape index (κ3) is 3.78. The summed E-state index contributed by atoms with van der Waals surface area (Å²) in [7, 11) is 0. The topological polar surface area (TPSA) is 50.7 Å². The zero-order valence-corrected chi connectivity index (χ0v) is 14.6. The Bertz CT molecular complexity index is 1110. The molecule has 2 heterocycles. The predicted molar refractivity (Wildman–Crippen MR) is 102 cm³/mol. The Hall–Kier alpha value is -3.48. The Morgan fingerprint density at radius 3 is 2.54 bits per heavy atom. The molecule has 2 aromatic carbocycles. The van der Waals surface area contributed by atoms with Crippen LogP contribution in [0.4, 0.5) is 19.0 Å². The molecule has 140 valence electrons. The highest BCUT2D eigenvalue weighted by Crippen LogP contribution is 2.34. The van der Waals surface area contributed by atoms with E-state index in [0.717, 1.165) is 23.2 Å². The average molecular weight is 380 g/mol. The van der Waals surface area contributed by atoms with Gasteiger partial charge in [0.25, 0.3) is 0 Å². The monoisotopic (exact) mass is 380 g/mol. The molecule has 0 amide bonds. The van der Waals surface area contributed by atoms with Crippen LogP contribution in [-0.2, 0) is 12.7 Å². The SMILES string of the molecule is FC(F)(F)c1cccc(-c2cccc3ccc(CNc4cccnn4)nc23)c1. The minimum atomic E-state index is -4.39. The largest absolute Gasteiger partial charge is 0.416 e. The summed E-state index contributed by atoms with van der Waals surface area (Å²) >= 11 is 0. The van der Waals surface area contributed by atoms with Crippen LogP contribution in [0.1, 0.15) is 11.3 Å². The van der Waals surface area contributed by atoms with Gasteiger partial charge >= 0.3 is 6.18 Å². The second-order valence-corrected chi connectivity index (χ2v) is 6.22. The molecular formula is C21H15F3N4. The first-order chi connectivity index (χ1) is 13.5. The molecule has 0 saturated carbocycles. The van der Waals surface area contributed by atoms with E-state index in [1.54, 1.807) is 30.5 Å². The van der Waals surface area contributed by atoms with Crippen LogP contribution in [0, 0.1) is 0 Å². The molecule has 4 aromatic rings. The van der Waals surface area contributed by atoms with E-state index < -0.39 is 11.7 Å². The first kappa shape index (κ1) is 17.9. The van der Waals surface area contributed by atoms with Crippen LogP contribution in [0.2, 0.25) is 0 Å². The molecule has 0 aliphatic heterocycles. The lowest BCUT2D eigenvalue weighted by atomic mass is 9.99. The van der Waals surface area contributed by atoms with Crippen LogP contribution in [0.25, 0.3) is 22.0 Å². The van der Waals surface area contributed by atoms with Gasteiger partial charge in [-0.3, -0.25) is 4.98 Å². The molecule has 0 saturated heterocycles. The average Bonchev–Trinajstić information content (AvgIpc) is 2.72. The molecule has 28 heavy (non-hydrogen) atoms. The van der Waals surface area contributed by atoms with Gasteiger partial charge in [0.15, 0.2) is 0 Å². The molecule has 7 heteroatoms. The third-order valence-corrected chi connectivity index (χ3v) is 4.30. The molecule has 0 aliphatic rings. The number of nitrogens with one attached hydrogen (secondary N) is 1. The van der Waals surface area contributed by atoms with Gasteiger partial charge in [-0.2, -0.15) is 18.3 Å². The molecule has 4 rings (SSSR count). The van der Waals surface area contributed by atoms with Crippen molar-refractivity contribution < 1.29 is 13.2 Å². The zero-order valence-electron chi connectivity index (χ0n) is 14.6. The maximum atomic E-state index is 13.1. The fraction of sp³-hybridized carbons (Fsp3) is 0.0952. The standard InChI is InChI=1S/C21H15F3N4/c22-21(23,24)16-6-1-5-15(12-16)18-7-2-4-14-9-10-17(27-20(14)18)13-25-19-8-3-11-26-28-19/h1-12H,13H2,(H,25,28). The maximum absolute atomic E-state index is 13.1. The molecule has 0 aliphatic carbocycles. The lowest BCUT2D eigenvalue weighted by Crippen LogP contribution is -2.05. The summed E-state index contributed by atoms with van der Waals surface area (Å²) in [6, 6.07) is 18.1. The van der Waals surface area contributed by atoms with Crippen LogP contribution < -0.4 is 5.32 Å². The summed E-state index contributed by atoms with van der Waals surface area (Å²) in [5.74, 6) is 0.621. The van der Waals surface area contributed by atoms with Crippen molar-refractivity contribution in [3.8, 4) is 11.1 Å². The molecule has 4 nitrogen and oxygen atoms in total. The Labute approximate surface area is 159 Å². The minimum absolute atomic E-state index is 0.422. The van der Waals surface area contributed by atoms with E-state index in [-0.39, 0.29) is 0 Å². The number of alkyl halides is 3. The van der Waals surface area contributed by atoms with Crippen LogP contribution in [0.15, 0.2) is 72.9 Å². The van der Waals surface area contributed by atoms with Gasteiger partial charge in [-0.1, -0.05) is 36.4 Å². The number of fused-ring (bicyclic) bond motifs is 1. The quantitative estimate of drug-likeness (QED) is 0.520. The number of halogens is 3. The van der Waals surface area contributed by atoms with Crippen LogP contribution in [0.3, 0.4) is 0 Å². The molecule has 0 radical (unpaired) electrons. The van der Waals surface area contributed by atoms with Crippen molar-refractivity contribution in [2.45, 2.75) is 12.7 Å². The van der Waals surface area contributed by atoms with Gasteiger partial charge < -0.3 is 5.32 Å². The van der Waals surface area contributed by atoms with Gasteiger partial charge in [-0.25, -0.2) is 0 Å². The highest BCUT2D eigenvalue weighted by Gasteiger charge is 2.30. The molecule has 0 bridgehead atoms. The smallest absolute Gasteiger partial charge is 0.363 e. The van der Waals surface area contributed by atoms with Crippen LogP contribution in [0.5, 0.6) is 0 Å². The fourth-order valence-electron chi connectivity index (χ4n) is 2.96. The third-order valence-electron chi connectivity index (χ3n) is 4.30. The number of rotatable bonds is 4. The van der Waals surface area contributed by atoms with Gasteiger partial charge in [0.2, 0.25) is 0 Å². The molecule has 0 spiro atoms. The van der Waals surface area contributed by atoms with Gasteiger partial charge in [-0.05, 0) is 35.9 Å². The normalized spacial score (nSPS) is 11.5. The Morgan fingerprint density at radius 1 is 0.893 bits per heavy atom. The first-order valence-corrected chi connectivity index (χ1v) is 8.58. The summed E-state index contributed by atoms with van der Waals surface area (Å²) in [6.07, 6.45) is -2.80. The number of pyridine rings is 1. The Balaban J connectivity index is 1.71. The highest BCUT2D eigenvalue weighted by molar-refractivity contribution is 5.93. The van der Waals surface area contributed by atoms with Crippen molar-refractivity contribution in [3.05, 3.63) is 84.2 Å². The van der Waals surface area contributed by atoms with Gasteiger partial charge in [0.05, 0.1) is 23.3 Å². The number of nitrogens with zero attached hydrogens (tertiary/aromatic N) is 3. The first-order valence-electron chi connectivity index (χ1n) is 8.58. The molecule has 2 aromatic heterocycles. The van der Waals surface area contributed by atoms with Crippen molar-refractivity contribution in [2.75, 3.05) is 5.32 Å². The van der Waals surface area contributed by atoms with Crippen LogP contribution >= 0.6 is 0 Å². The zero-order chi connectivity index (χ0) is 19.6. The summed E-state index contributed by atoms with van der Waals surface area (Å²) in [5.41, 5.74) is 1.86. The van der Waals surface area contributed by atoms with Gasteiger partial charge in [0.1, 0.15) is 5.82 Å². The van der Waals surface area contributed by atoms with Gasteiger partial charge in [0, 0.05) is 17.1 Å². The van der Waals surface area contributed by atoms with Crippen LogP contribution in [-0.4, -0.2) is 15.2 Å². The lowest BCUT2D eigenvalue weighted by Gasteiger charge is -2.11. The van der Waals surface area contributed by atoms with Crippen molar-refractivity contribution in [1.29, 1.82) is 0 Å². The van der Waals surface area contributed by atoms with E-state index in [1.165, 1.54) is 6.07 Å². The van der Waals surface area contributed by atoms with E-state index in [4.69, 9.17) is 0 Å². The molecule has 0 unspecified atom stereocenters. The summed E-state index contributed by atoms with van der Waals surface area (Å²) in [6.45, 7) is 0.422. The van der Waals surface area contributed by atoms with E-state index in [1.807, 2.05) is 24.3 Å². The number of benzene rings is 2. The number of hydrogen-bond donors (Lipinski definition) is 1. The summed E-state index contributed by atoms with van der Waals surface area (Å²) < 4.78 is 39.3. The van der Waals surface area contributed by atoms with Crippen molar-refractivity contribution in [3.63, 3.8) is 0 Å². The van der Waals surface area contributed by atoms with E-state index >= 15 is 0 Å². The molecular weight excluding hydrogens is 365 g/mol. The second kappa shape index (κ2) is 7.26. The molecule has 1 N–H and O–H groups in total. The molecule has 0 atom stereocenters. The summed E-state index contributed by atoms with van der Waals surface area (Å²) in [4.78, 5) is 4.67. The second-order valence-electron chi connectivity index (χ2n) is 6.22. The van der Waals surface area contributed by atoms with Crippen molar-refractivity contribution in [1.82, 2.24) is 15.2 Å². The number of para-hydroxylation sites is 1. The fourth-order valence-corrected chi connectivity index (χ4v) is 2.96. The number of anilines is 1. The number of hydrogen-bond acceptors (Lipinski definition) is 4. The van der Waals surface area contributed by atoms with Crippen molar-refractivity contribution >= 4 is 16.7 Å². The Kier molecular flexibility index (Phi) is 4.65.